The lowest BCUT2D eigenvalue weighted by atomic mass is 10.2. The highest BCUT2D eigenvalue weighted by atomic mass is 35.5. The molecular weight excluding hydrogens is 294 g/mol. The van der Waals surface area contributed by atoms with Crippen molar-refractivity contribution in [1.82, 2.24) is 9.55 Å². The number of nitrogens with one attached hydrogen (secondary N) is 2. The summed E-state index contributed by atoms with van der Waals surface area (Å²) in [7, 11) is 0. The van der Waals surface area contributed by atoms with Crippen molar-refractivity contribution >= 4 is 23.2 Å². The molecule has 0 saturated heterocycles. The number of aromatic nitrogens is 2. The predicted octanol–water partition coefficient (Wildman–Crippen LogP) is 1.39. The Labute approximate surface area is 125 Å². The number of anilines is 1. The summed E-state index contributed by atoms with van der Waals surface area (Å²) in [5.41, 5.74) is -0.130. The Balaban J connectivity index is 2.19. The fourth-order valence-electron chi connectivity index (χ4n) is 1.83. The van der Waals surface area contributed by atoms with Crippen LogP contribution in [0.5, 0.6) is 0 Å². The summed E-state index contributed by atoms with van der Waals surface area (Å²) in [6, 6.07) is 6.80. The van der Waals surface area contributed by atoms with E-state index >= 15 is 0 Å². The molecule has 1 aromatic carbocycles. The van der Waals surface area contributed by atoms with Crippen molar-refractivity contribution in [2.24, 2.45) is 0 Å². The van der Waals surface area contributed by atoms with E-state index in [-0.39, 0.29) is 6.54 Å². The molecular formula is C14H14ClN3O3. The van der Waals surface area contributed by atoms with Crippen LogP contribution < -0.4 is 16.6 Å². The number of carbonyl (C=O) groups excluding carboxylic acids is 1. The van der Waals surface area contributed by atoms with Gasteiger partial charge in [-0.1, -0.05) is 30.7 Å². The average Bonchev–Trinajstić information content (AvgIpc) is 2.44. The Morgan fingerprint density at radius 2 is 2.05 bits per heavy atom. The number of rotatable bonds is 4. The summed E-state index contributed by atoms with van der Waals surface area (Å²) in [5, 5.41) is 3.03. The van der Waals surface area contributed by atoms with Crippen LogP contribution in [0.3, 0.4) is 0 Å². The minimum Gasteiger partial charge on any atom is -0.323 e. The number of hydrogen-bond donors (Lipinski definition) is 2. The van der Waals surface area contributed by atoms with E-state index in [9.17, 15) is 14.4 Å². The zero-order chi connectivity index (χ0) is 15.4. The third-order valence-electron chi connectivity index (χ3n) is 2.93. The average molecular weight is 308 g/mol. The molecule has 0 aliphatic carbocycles. The van der Waals surface area contributed by atoms with Gasteiger partial charge in [-0.2, -0.15) is 0 Å². The third kappa shape index (κ3) is 3.61. The number of hydrogen-bond acceptors (Lipinski definition) is 3. The summed E-state index contributed by atoms with van der Waals surface area (Å²) in [6.07, 6.45) is 1.87. The monoisotopic (exact) mass is 307 g/mol. The molecule has 6 nitrogen and oxygen atoms in total. The Kier molecular flexibility index (Phi) is 4.59. The molecule has 0 aliphatic heterocycles. The molecule has 2 N–H and O–H groups in total. The first-order valence-corrected chi connectivity index (χ1v) is 6.76. The smallest absolute Gasteiger partial charge is 0.323 e. The largest absolute Gasteiger partial charge is 0.328 e. The summed E-state index contributed by atoms with van der Waals surface area (Å²) in [5.74, 6) is -0.403. The van der Waals surface area contributed by atoms with Gasteiger partial charge in [0.05, 0.1) is 10.7 Å². The number of benzene rings is 1. The van der Waals surface area contributed by atoms with Crippen LogP contribution in [0, 0.1) is 0 Å². The second-order valence-electron chi connectivity index (χ2n) is 4.42. The van der Waals surface area contributed by atoms with Gasteiger partial charge in [0.2, 0.25) is 5.91 Å². The van der Waals surface area contributed by atoms with Crippen LogP contribution in [-0.4, -0.2) is 15.5 Å². The Morgan fingerprint density at radius 3 is 2.71 bits per heavy atom. The van der Waals surface area contributed by atoms with Crippen molar-refractivity contribution in [3.63, 3.8) is 0 Å². The number of halogens is 1. The fourth-order valence-corrected chi connectivity index (χ4v) is 2.01. The molecule has 7 heteroatoms. The fraction of sp³-hybridized carbons (Fsp3) is 0.214. The van der Waals surface area contributed by atoms with Crippen molar-refractivity contribution in [2.75, 3.05) is 5.32 Å². The van der Waals surface area contributed by atoms with E-state index in [1.54, 1.807) is 31.2 Å². The van der Waals surface area contributed by atoms with Crippen LogP contribution in [0.1, 0.15) is 12.5 Å². The van der Waals surface area contributed by atoms with E-state index in [2.05, 4.69) is 10.3 Å². The first-order valence-electron chi connectivity index (χ1n) is 6.38. The standard InChI is InChI=1S/C14H14ClN3O3/c1-2-9-7-18(14(21)17-13(9)20)8-12(19)16-11-6-4-3-5-10(11)15/h3-7H,2,8H2,1H3,(H,16,19)(H,17,20,21). The van der Waals surface area contributed by atoms with E-state index in [1.165, 1.54) is 6.20 Å². The van der Waals surface area contributed by atoms with Crippen molar-refractivity contribution in [3.8, 4) is 0 Å². The molecule has 1 aromatic heterocycles. The molecule has 0 spiro atoms. The Hall–Kier alpha value is -2.34. The summed E-state index contributed by atoms with van der Waals surface area (Å²) < 4.78 is 1.16. The van der Waals surface area contributed by atoms with Gasteiger partial charge < -0.3 is 5.32 Å². The molecule has 0 saturated carbocycles. The number of para-hydroxylation sites is 1. The van der Waals surface area contributed by atoms with Gasteiger partial charge in [0.15, 0.2) is 0 Å². The molecule has 2 aromatic rings. The minimum atomic E-state index is -0.619. The first kappa shape index (κ1) is 15.1. The highest BCUT2D eigenvalue weighted by Crippen LogP contribution is 2.20. The molecule has 2 rings (SSSR count). The van der Waals surface area contributed by atoms with Gasteiger partial charge >= 0.3 is 5.69 Å². The number of amides is 1. The van der Waals surface area contributed by atoms with Crippen molar-refractivity contribution in [3.05, 3.63) is 61.9 Å². The van der Waals surface area contributed by atoms with Crippen LogP contribution in [0.2, 0.25) is 5.02 Å². The molecule has 21 heavy (non-hydrogen) atoms. The molecule has 0 unspecified atom stereocenters. The summed E-state index contributed by atoms with van der Waals surface area (Å²) >= 11 is 5.94. The van der Waals surface area contributed by atoms with E-state index in [0.717, 1.165) is 4.57 Å². The number of carbonyl (C=O) groups is 1. The van der Waals surface area contributed by atoms with E-state index < -0.39 is 17.2 Å². The van der Waals surface area contributed by atoms with Gasteiger partial charge in [-0.25, -0.2) is 4.79 Å². The van der Waals surface area contributed by atoms with Crippen LogP contribution in [-0.2, 0) is 17.8 Å². The van der Waals surface area contributed by atoms with Crippen molar-refractivity contribution in [1.29, 1.82) is 0 Å². The zero-order valence-corrected chi connectivity index (χ0v) is 12.1. The number of aryl methyl sites for hydroxylation is 1. The van der Waals surface area contributed by atoms with Crippen LogP contribution >= 0.6 is 11.6 Å². The number of nitrogens with zero attached hydrogens (tertiary/aromatic N) is 1. The molecule has 1 amide bonds. The normalized spacial score (nSPS) is 10.4. The van der Waals surface area contributed by atoms with Gasteiger partial charge in [0, 0.05) is 11.8 Å². The van der Waals surface area contributed by atoms with Crippen LogP contribution in [0.25, 0.3) is 0 Å². The lowest BCUT2D eigenvalue weighted by Crippen LogP contribution is -2.34. The van der Waals surface area contributed by atoms with Gasteiger partial charge in [0.25, 0.3) is 5.56 Å². The summed E-state index contributed by atoms with van der Waals surface area (Å²) in [4.78, 5) is 37.3. The second kappa shape index (κ2) is 6.41. The quantitative estimate of drug-likeness (QED) is 0.895. The Morgan fingerprint density at radius 1 is 1.33 bits per heavy atom. The van der Waals surface area contributed by atoms with Crippen LogP contribution in [0.4, 0.5) is 5.69 Å². The Bertz CT molecular complexity index is 780. The minimum absolute atomic E-state index is 0.201. The maximum atomic E-state index is 11.9. The van der Waals surface area contributed by atoms with Gasteiger partial charge in [-0.15, -0.1) is 0 Å². The molecule has 0 atom stereocenters. The molecule has 1 heterocycles. The van der Waals surface area contributed by atoms with Gasteiger partial charge in [0.1, 0.15) is 6.54 Å². The molecule has 110 valence electrons. The predicted molar refractivity (Wildman–Crippen MR) is 80.8 cm³/mol. The molecule has 0 fully saturated rings. The van der Waals surface area contributed by atoms with Gasteiger partial charge in [-0.05, 0) is 18.6 Å². The highest BCUT2D eigenvalue weighted by Gasteiger charge is 2.09. The molecule has 0 bridgehead atoms. The van der Waals surface area contributed by atoms with Crippen molar-refractivity contribution in [2.45, 2.75) is 19.9 Å². The maximum absolute atomic E-state index is 11.9. The van der Waals surface area contributed by atoms with E-state index in [4.69, 9.17) is 11.6 Å². The first-order chi connectivity index (χ1) is 10.0. The number of aromatic amines is 1. The third-order valence-corrected chi connectivity index (χ3v) is 3.26. The molecule has 0 aliphatic rings. The summed E-state index contributed by atoms with van der Waals surface area (Å²) in [6.45, 7) is 1.59. The zero-order valence-electron chi connectivity index (χ0n) is 11.4. The lowest BCUT2D eigenvalue weighted by Gasteiger charge is -2.09. The van der Waals surface area contributed by atoms with E-state index in [0.29, 0.717) is 22.7 Å². The molecule has 0 radical (unpaired) electrons. The van der Waals surface area contributed by atoms with Crippen molar-refractivity contribution < 1.29 is 4.79 Å². The topological polar surface area (TPSA) is 84.0 Å². The SMILES string of the molecule is CCc1cn(CC(=O)Nc2ccccc2Cl)c(=O)[nH]c1=O. The highest BCUT2D eigenvalue weighted by molar-refractivity contribution is 6.33. The van der Waals surface area contributed by atoms with E-state index in [1.807, 2.05) is 0 Å². The maximum Gasteiger partial charge on any atom is 0.328 e. The number of H-pyrrole nitrogens is 1. The second-order valence-corrected chi connectivity index (χ2v) is 4.83. The lowest BCUT2D eigenvalue weighted by molar-refractivity contribution is -0.116. The van der Waals surface area contributed by atoms with Crippen LogP contribution in [0.15, 0.2) is 40.1 Å². The van der Waals surface area contributed by atoms with Gasteiger partial charge in [-0.3, -0.25) is 19.1 Å².